The lowest BCUT2D eigenvalue weighted by atomic mass is 10.2. The highest BCUT2D eigenvalue weighted by Crippen LogP contribution is 2.24. The van der Waals surface area contributed by atoms with Gasteiger partial charge in [0.1, 0.15) is 0 Å². The summed E-state index contributed by atoms with van der Waals surface area (Å²) < 4.78 is 22.6. The predicted molar refractivity (Wildman–Crippen MR) is 85.7 cm³/mol. The molecule has 0 aliphatic carbocycles. The molecule has 0 fully saturated rings. The lowest BCUT2D eigenvalue weighted by molar-refractivity contribution is 0.0801. The van der Waals surface area contributed by atoms with E-state index in [1.54, 1.807) is 18.0 Å². The number of thiophene rings is 1. The lowest BCUT2D eigenvalue weighted by Crippen LogP contribution is -2.32. The van der Waals surface area contributed by atoms with E-state index in [4.69, 9.17) is 0 Å². The van der Waals surface area contributed by atoms with Crippen molar-refractivity contribution in [3.8, 4) is 0 Å². The van der Waals surface area contributed by atoms with Gasteiger partial charge in [-0.3, -0.25) is 4.79 Å². The van der Waals surface area contributed by atoms with Crippen LogP contribution >= 0.6 is 23.7 Å². The Kier molecular flexibility index (Phi) is 7.72. The van der Waals surface area contributed by atoms with E-state index in [0.717, 1.165) is 17.0 Å². The number of amides is 1. The first-order chi connectivity index (χ1) is 8.74. The molecular weight excluding hydrogens is 320 g/mol. The zero-order valence-corrected chi connectivity index (χ0v) is 14.5. The Bertz CT molecular complexity index is 555. The van der Waals surface area contributed by atoms with Gasteiger partial charge in [0.15, 0.2) is 9.84 Å². The molecule has 0 spiro atoms. The third kappa shape index (κ3) is 5.78. The van der Waals surface area contributed by atoms with Crippen LogP contribution in [0.5, 0.6) is 0 Å². The number of hydrogen-bond donors (Lipinski definition) is 1. The van der Waals surface area contributed by atoms with Gasteiger partial charge in [-0.05, 0) is 25.6 Å². The van der Waals surface area contributed by atoms with E-state index in [2.05, 4.69) is 5.32 Å². The van der Waals surface area contributed by atoms with Crippen LogP contribution in [0.4, 0.5) is 0 Å². The largest absolute Gasteiger partial charge is 0.340 e. The maximum atomic E-state index is 12.1. The van der Waals surface area contributed by atoms with Crippen LogP contribution in [0.2, 0.25) is 0 Å². The van der Waals surface area contributed by atoms with Gasteiger partial charge in [-0.15, -0.1) is 23.7 Å². The Morgan fingerprint density at radius 1 is 1.45 bits per heavy atom. The van der Waals surface area contributed by atoms with Gasteiger partial charge >= 0.3 is 0 Å². The van der Waals surface area contributed by atoms with Crippen LogP contribution in [-0.4, -0.2) is 52.7 Å². The van der Waals surface area contributed by atoms with Crippen molar-refractivity contribution in [3.63, 3.8) is 0 Å². The van der Waals surface area contributed by atoms with Crippen molar-refractivity contribution in [3.05, 3.63) is 21.4 Å². The molecular formula is C12H21ClN2O3S2. The number of likely N-dealkylation sites (N-methyl/N-ethyl adjacent to an activating group) is 2. The summed E-state index contributed by atoms with van der Waals surface area (Å²) in [6, 6.07) is 1.69. The van der Waals surface area contributed by atoms with Gasteiger partial charge in [-0.25, -0.2) is 8.42 Å². The molecule has 0 aliphatic heterocycles. The van der Waals surface area contributed by atoms with Crippen molar-refractivity contribution in [2.75, 3.05) is 33.4 Å². The van der Waals surface area contributed by atoms with Crippen LogP contribution in [-0.2, 0) is 15.6 Å². The van der Waals surface area contributed by atoms with Gasteiger partial charge in [-0.1, -0.05) is 0 Å². The molecule has 0 bridgehead atoms. The Balaban J connectivity index is 0.00000361. The Hall–Kier alpha value is -0.630. The summed E-state index contributed by atoms with van der Waals surface area (Å²) >= 11 is 1.35. The first-order valence-electron chi connectivity index (χ1n) is 5.91. The maximum Gasteiger partial charge on any atom is 0.263 e. The second-order valence-electron chi connectivity index (χ2n) is 4.59. The second-order valence-corrected chi connectivity index (χ2v) is 7.99. The number of halogens is 1. The molecule has 0 saturated carbocycles. The summed E-state index contributed by atoms with van der Waals surface area (Å²) in [4.78, 5) is 15.2. The van der Waals surface area contributed by atoms with E-state index in [1.165, 1.54) is 17.6 Å². The Labute approximate surface area is 130 Å². The van der Waals surface area contributed by atoms with E-state index in [-0.39, 0.29) is 24.1 Å². The van der Waals surface area contributed by atoms with E-state index in [1.807, 2.05) is 14.0 Å². The highest BCUT2D eigenvalue weighted by atomic mass is 35.5. The Morgan fingerprint density at radius 2 is 2.05 bits per heavy atom. The summed E-state index contributed by atoms with van der Waals surface area (Å²) in [6.45, 7) is 3.19. The average Bonchev–Trinajstić information content (AvgIpc) is 2.64. The Morgan fingerprint density at radius 3 is 2.55 bits per heavy atom. The minimum Gasteiger partial charge on any atom is -0.340 e. The number of hydrogen-bond acceptors (Lipinski definition) is 5. The number of rotatable bonds is 6. The van der Waals surface area contributed by atoms with E-state index < -0.39 is 9.84 Å². The predicted octanol–water partition coefficient (Wildman–Crippen LogP) is 1.31. The third-order valence-electron chi connectivity index (χ3n) is 2.69. The lowest BCUT2D eigenvalue weighted by Gasteiger charge is -2.15. The summed E-state index contributed by atoms with van der Waals surface area (Å²) in [5.74, 6) is -0.0776. The van der Waals surface area contributed by atoms with Crippen molar-refractivity contribution >= 4 is 39.5 Å². The quantitative estimate of drug-likeness (QED) is 0.848. The minimum atomic E-state index is -3.07. The number of aryl methyl sites for hydroxylation is 1. The molecule has 1 aromatic heterocycles. The SMILES string of the molecule is CNCCN(C)C(=O)c1cc(CS(C)(=O)=O)c(C)s1.Cl. The third-order valence-corrected chi connectivity index (χ3v) is 4.61. The van der Waals surface area contributed by atoms with Crippen molar-refractivity contribution in [2.45, 2.75) is 12.7 Å². The fourth-order valence-corrected chi connectivity index (χ4v) is 3.61. The van der Waals surface area contributed by atoms with E-state index >= 15 is 0 Å². The van der Waals surface area contributed by atoms with Gasteiger partial charge in [0.25, 0.3) is 5.91 Å². The van der Waals surface area contributed by atoms with E-state index in [0.29, 0.717) is 11.4 Å². The fourth-order valence-electron chi connectivity index (χ4n) is 1.62. The normalized spacial score (nSPS) is 11.0. The number of carbonyl (C=O) groups is 1. The molecule has 0 aliphatic rings. The minimum absolute atomic E-state index is 0. The second kappa shape index (κ2) is 7.97. The molecule has 0 atom stereocenters. The molecule has 0 aromatic carbocycles. The maximum absolute atomic E-state index is 12.1. The van der Waals surface area contributed by atoms with Crippen LogP contribution < -0.4 is 5.32 Å². The van der Waals surface area contributed by atoms with Crippen LogP contribution in [0.3, 0.4) is 0 Å². The highest BCUT2D eigenvalue weighted by molar-refractivity contribution is 7.89. The summed E-state index contributed by atoms with van der Waals surface area (Å²) in [5.41, 5.74) is 0.720. The van der Waals surface area contributed by atoms with Crippen molar-refractivity contribution in [1.82, 2.24) is 10.2 Å². The monoisotopic (exact) mass is 340 g/mol. The van der Waals surface area contributed by atoms with Gasteiger partial charge in [-0.2, -0.15) is 0 Å². The summed E-state index contributed by atoms with van der Waals surface area (Å²) in [6.07, 6.45) is 1.20. The average molecular weight is 341 g/mol. The molecule has 0 saturated heterocycles. The zero-order chi connectivity index (χ0) is 14.6. The van der Waals surface area contributed by atoms with E-state index in [9.17, 15) is 13.2 Å². The first kappa shape index (κ1) is 19.4. The number of nitrogens with one attached hydrogen (secondary N) is 1. The van der Waals surface area contributed by atoms with Gasteiger partial charge in [0, 0.05) is 31.3 Å². The van der Waals surface area contributed by atoms with Crippen molar-refractivity contribution in [1.29, 1.82) is 0 Å². The molecule has 1 amide bonds. The molecule has 0 unspecified atom stereocenters. The zero-order valence-electron chi connectivity index (χ0n) is 12.1. The molecule has 1 heterocycles. The van der Waals surface area contributed by atoms with Crippen LogP contribution in [0.15, 0.2) is 6.07 Å². The number of nitrogens with zero attached hydrogens (tertiary/aromatic N) is 1. The van der Waals surface area contributed by atoms with Crippen LogP contribution in [0, 0.1) is 6.92 Å². The molecule has 116 valence electrons. The highest BCUT2D eigenvalue weighted by Gasteiger charge is 2.17. The van der Waals surface area contributed by atoms with Crippen LogP contribution in [0.25, 0.3) is 0 Å². The van der Waals surface area contributed by atoms with Gasteiger partial charge < -0.3 is 10.2 Å². The molecule has 1 rings (SSSR count). The number of carbonyl (C=O) groups excluding carboxylic acids is 1. The molecule has 20 heavy (non-hydrogen) atoms. The fraction of sp³-hybridized carbons (Fsp3) is 0.583. The molecule has 0 radical (unpaired) electrons. The first-order valence-corrected chi connectivity index (χ1v) is 8.79. The van der Waals surface area contributed by atoms with Crippen LogP contribution in [0.1, 0.15) is 20.1 Å². The summed E-state index contributed by atoms with van der Waals surface area (Å²) in [5, 5.41) is 2.98. The van der Waals surface area contributed by atoms with Crippen molar-refractivity contribution in [2.24, 2.45) is 0 Å². The number of sulfone groups is 1. The molecule has 1 N–H and O–H groups in total. The summed E-state index contributed by atoms with van der Waals surface area (Å²) in [7, 11) is 0.498. The molecule has 8 heteroatoms. The smallest absolute Gasteiger partial charge is 0.263 e. The van der Waals surface area contributed by atoms with Crippen molar-refractivity contribution < 1.29 is 13.2 Å². The molecule has 5 nitrogen and oxygen atoms in total. The topological polar surface area (TPSA) is 66.5 Å². The van der Waals surface area contributed by atoms with Gasteiger partial charge in [0.2, 0.25) is 0 Å². The van der Waals surface area contributed by atoms with Gasteiger partial charge in [0.05, 0.1) is 10.6 Å². The molecule has 1 aromatic rings. The standard InChI is InChI=1S/C12H20N2O3S2.ClH/c1-9-10(8-19(4,16)17)7-11(18-9)12(15)14(3)6-5-13-2;/h7,13H,5-6,8H2,1-4H3;1H.